The molecule has 1 nitrogen and oxygen atoms in total. The van der Waals surface area contributed by atoms with Crippen LogP contribution >= 0.6 is 0 Å². The van der Waals surface area contributed by atoms with Gasteiger partial charge in [0.05, 0.1) is 7.11 Å². The van der Waals surface area contributed by atoms with Gasteiger partial charge in [0.25, 0.3) is 0 Å². The highest BCUT2D eigenvalue weighted by molar-refractivity contribution is 5.34. The maximum atomic E-state index is 13.3. The van der Waals surface area contributed by atoms with Crippen LogP contribution in [0.4, 0.5) is 4.39 Å². The predicted octanol–water partition coefficient (Wildman–Crippen LogP) is 3.91. The molecule has 0 aliphatic carbocycles. The monoisotopic (exact) mass is 210 g/mol. The molecule has 0 N–H and O–H groups in total. The molecule has 1 rings (SSSR count). The average molecular weight is 210 g/mol. The van der Waals surface area contributed by atoms with Gasteiger partial charge in [-0.15, -0.1) is 0 Å². The van der Waals surface area contributed by atoms with Gasteiger partial charge in [0.2, 0.25) is 0 Å². The van der Waals surface area contributed by atoms with E-state index in [9.17, 15) is 4.39 Å². The van der Waals surface area contributed by atoms with Gasteiger partial charge in [0.15, 0.2) is 0 Å². The van der Waals surface area contributed by atoms with E-state index in [1.54, 1.807) is 13.2 Å². The van der Waals surface area contributed by atoms with Crippen molar-refractivity contribution in [2.24, 2.45) is 0 Å². The van der Waals surface area contributed by atoms with Gasteiger partial charge in [-0.2, -0.15) is 0 Å². The zero-order valence-electron chi connectivity index (χ0n) is 9.93. The normalized spacial score (nSPS) is 11.5. The lowest BCUT2D eigenvalue weighted by atomic mass is 9.78. The van der Waals surface area contributed by atoms with E-state index >= 15 is 0 Å². The Hall–Kier alpha value is -1.05. The molecule has 0 fully saturated rings. The van der Waals surface area contributed by atoms with Gasteiger partial charge in [-0.05, 0) is 36.0 Å². The first-order chi connectivity index (χ1) is 7.05. The third-order valence-electron chi connectivity index (χ3n) is 3.36. The second-order valence-corrected chi connectivity index (χ2v) is 4.15. The summed E-state index contributed by atoms with van der Waals surface area (Å²) >= 11 is 0. The minimum atomic E-state index is -0.225. The molecule has 0 aromatic heterocycles. The minimum Gasteiger partial charge on any atom is -0.497 e. The second-order valence-electron chi connectivity index (χ2n) is 4.15. The lowest BCUT2D eigenvalue weighted by molar-refractivity contribution is 0.400. The smallest absolute Gasteiger partial charge is 0.127 e. The lowest BCUT2D eigenvalue weighted by Crippen LogP contribution is -2.19. The van der Waals surface area contributed by atoms with Crippen LogP contribution in [-0.2, 0) is 5.41 Å². The standard InChI is InChI=1S/C13H19FO/c1-5-13(3,6-2)10-7-11(14)9-12(8-10)15-4/h7-9H,5-6H2,1-4H3. The first-order valence-electron chi connectivity index (χ1n) is 5.40. The van der Waals surface area contributed by atoms with Crippen molar-refractivity contribution in [3.8, 4) is 5.75 Å². The Kier molecular flexibility index (Phi) is 3.72. The molecule has 1 aromatic carbocycles. The number of hydrogen-bond acceptors (Lipinski definition) is 1. The molecule has 0 bridgehead atoms. The van der Waals surface area contributed by atoms with Crippen molar-refractivity contribution in [2.45, 2.75) is 39.0 Å². The molecule has 0 spiro atoms. The fourth-order valence-corrected chi connectivity index (χ4v) is 1.69. The zero-order chi connectivity index (χ0) is 11.5. The molecule has 0 radical (unpaired) electrons. The van der Waals surface area contributed by atoms with Crippen LogP contribution in [0.2, 0.25) is 0 Å². The predicted molar refractivity (Wildman–Crippen MR) is 60.9 cm³/mol. The van der Waals surface area contributed by atoms with Crippen LogP contribution in [0.15, 0.2) is 18.2 Å². The topological polar surface area (TPSA) is 9.23 Å². The Labute approximate surface area is 91.3 Å². The first kappa shape index (κ1) is 12.0. The zero-order valence-corrected chi connectivity index (χ0v) is 9.93. The number of hydrogen-bond donors (Lipinski definition) is 0. The van der Waals surface area contributed by atoms with Gasteiger partial charge in [0, 0.05) is 6.07 Å². The van der Waals surface area contributed by atoms with Gasteiger partial charge in [0.1, 0.15) is 11.6 Å². The summed E-state index contributed by atoms with van der Waals surface area (Å²) in [5, 5.41) is 0. The lowest BCUT2D eigenvalue weighted by Gasteiger charge is -2.27. The molecule has 0 heterocycles. The van der Waals surface area contributed by atoms with Gasteiger partial charge in [-0.25, -0.2) is 4.39 Å². The summed E-state index contributed by atoms with van der Waals surface area (Å²) in [4.78, 5) is 0. The molecule has 0 aliphatic rings. The fraction of sp³-hybridized carbons (Fsp3) is 0.538. The number of ether oxygens (including phenoxy) is 1. The quantitative estimate of drug-likeness (QED) is 0.732. The van der Waals surface area contributed by atoms with Crippen LogP contribution in [0, 0.1) is 5.82 Å². The molecule has 84 valence electrons. The summed E-state index contributed by atoms with van der Waals surface area (Å²) < 4.78 is 18.4. The molecule has 0 unspecified atom stereocenters. The van der Waals surface area contributed by atoms with E-state index in [4.69, 9.17) is 4.74 Å². The van der Waals surface area contributed by atoms with Crippen LogP contribution in [0.5, 0.6) is 5.75 Å². The Morgan fingerprint density at radius 2 is 1.80 bits per heavy atom. The number of methoxy groups -OCH3 is 1. The molecule has 0 amide bonds. The highest BCUT2D eigenvalue weighted by Crippen LogP contribution is 2.33. The van der Waals surface area contributed by atoms with Crippen molar-refractivity contribution in [1.82, 2.24) is 0 Å². The number of benzene rings is 1. The maximum Gasteiger partial charge on any atom is 0.127 e. The Bertz CT molecular complexity index is 329. The van der Waals surface area contributed by atoms with Gasteiger partial charge in [-0.1, -0.05) is 20.8 Å². The first-order valence-corrected chi connectivity index (χ1v) is 5.40. The fourth-order valence-electron chi connectivity index (χ4n) is 1.69. The van der Waals surface area contributed by atoms with E-state index in [1.165, 1.54) is 6.07 Å². The van der Waals surface area contributed by atoms with Crippen molar-refractivity contribution >= 4 is 0 Å². The van der Waals surface area contributed by atoms with E-state index in [1.807, 2.05) is 6.07 Å². The molecule has 15 heavy (non-hydrogen) atoms. The molecule has 1 aromatic rings. The summed E-state index contributed by atoms with van der Waals surface area (Å²) in [5.74, 6) is 0.371. The Morgan fingerprint density at radius 1 is 1.20 bits per heavy atom. The molecule has 0 aliphatic heterocycles. The molecular formula is C13H19FO. The van der Waals surface area contributed by atoms with E-state index in [0.717, 1.165) is 18.4 Å². The van der Waals surface area contributed by atoms with E-state index in [2.05, 4.69) is 20.8 Å². The molecule has 0 saturated carbocycles. The summed E-state index contributed by atoms with van der Waals surface area (Å²) in [5.41, 5.74) is 1.06. The van der Waals surface area contributed by atoms with Crippen LogP contribution in [0.3, 0.4) is 0 Å². The van der Waals surface area contributed by atoms with Crippen molar-refractivity contribution < 1.29 is 9.13 Å². The van der Waals surface area contributed by atoms with E-state index in [-0.39, 0.29) is 11.2 Å². The third-order valence-corrected chi connectivity index (χ3v) is 3.36. The van der Waals surface area contributed by atoms with Crippen molar-refractivity contribution in [3.63, 3.8) is 0 Å². The van der Waals surface area contributed by atoms with Gasteiger partial charge in [-0.3, -0.25) is 0 Å². The highest BCUT2D eigenvalue weighted by atomic mass is 19.1. The Balaban J connectivity index is 3.18. The third kappa shape index (κ3) is 2.49. The van der Waals surface area contributed by atoms with Crippen LogP contribution < -0.4 is 4.74 Å². The molecule has 0 saturated heterocycles. The number of rotatable bonds is 4. The van der Waals surface area contributed by atoms with E-state index in [0.29, 0.717) is 5.75 Å². The van der Waals surface area contributed by atoms with E-state index < -0.39 is 0 Å². The van der Waals surface area contributed by atoms with Crippen LogP contribution in [-0.4, -0.2) is 7.11 Å². The SMILES string of the molecule is CCC(C)(CC)c1cc(F)cc(OC)c1. The maximum absolute atomic E-state index is 13.3. The largest absolute Gasteiger partial charge is 0.497 e. The molecular weight excluding hydrogens is 191 g/mol. The van der Waals surface area contributed by atoms with Crippen molar-refractivity contribution in [2.75, 3.05) is 7.11 Å². The van der Waals surface area contributed by atoms with Crippen molar-refractivity contribution in [1.29, 1.82) is 0 Å². The van der Waals surface area contributed by atoms with Gasteiger partial charge < -0.3 is 4.74 Å². The highest BCUT2D eigenvalue weighted by Gasteiger charge is 2.23. The molecule has 0 atom stereocenters. The minimum absolute atomic E-state index is 0.0371. The summed E-state index contributed by atoms with van der Waals surface area (Å²) in [6.07, 6.45) is 1.99. The summed E-state index contributed by atoms with van der Waals surface area (Å²) in [6.45, 7) is 6.41. The Morgan fingerprint density at radius 3 is 2.27 bits per heavy atom. The van der Waals surface area contributed by atoms with Crippen LogP contribution in [0.1, 0.15) is 39.2 Å². The average Bonchev–Trinajstić information content (AvgIpc) is 2.27. The van der Waals surface area contributed by atoms with Crippen LogP contribution in [0.25, 0.3) is 0 Å². The van der Waals surface area contributed by atoms with Crippen molar-refractivity contribution in [3.05, 3.63) is 29.6 Å². The molecule has 2 heteroatoms. The summed E-state index contributed by atoms with van der Waals surface area (Å²) in [7, 11) is 1.56. The number of halogens is 1. The second kappa shape index (κ2) is 4.65. The van der Waals surface area contributed by atoms with Gasteiger partial charge >= 0.3 is 0 Å². The summed E-state index contributed by atoms with van der Waals surface area (Å²) in [6, 6.07) is 4.95.